The zero-order chi connectivity index (χ0) is 11.7. The zero-order valence-electron chi connectivity index (χ0n) is 10.1. The van der Waals surface area contributed by atoms with Crippen molar-refractivity contribution in [2.24, 2.45) is 5.73 Å². The summed E-state index contributed by atoms with van der Waals surface area (Å²) >= 11 is 0. The number of nitrogens with zero attached hydrogens (tertiary/aromatic N) is 2. The Morgan fingerprint density at radius 3 is 2.60 bits per heavy atom. The number of hydrogen-bond acceptors (Lipinski definition) is 4. The van der Waals surface area contributed by atoms with Gasteiger partial charge in [0, 0.05) is 13.7 Å². The molecule has 0 fully saturated rings. The first-order valence-electron chi connectivity index (χ1n) is 5.39. The summed E-state index contributed by atoms with van der Waals surface area (Å²) in [5, 5.41) is 8.72. The van der Waals surface area contributed by atoms with Crippen LogP contribution in [0, 0.1) is 11.3 Å². The van der Waals surface area contributed by atoms with Crippen molar-refractivity contribution in [3.63, 3.8) is 0 Å². The minimum Gasteiger partial charge on any atom is -0.383 e. The van der Waals surface area contributed by atoms with E-state index >= 15 is 0 Å². The van der Waals surface area contributed by atoms with Gasteiger partial charge in [-0.15, -0.1) is 0 Å². The largest absolute Gasteiger partial charge is 0.383 e. The Labute approximate surface area is 93.0 Å². The molecule has 88 valence electrons. The fourth-order valence-electron chi connectivity index (χ4n) is 1.29. The number of ether oxygens (including phenoxy) is 1. The second kappa shape index (κ2) is 7.63. The van der Waals surface area contributed by atoms with E-state index in [2.05, 4.69) is 18.0 Å². The van der Waals surface area contributed by atoms with E-state index in [0.29, 0.717) is 0 Å². The summed E-state index contributed by atoms with van der Waals surface area (Å²) in [6.45, 7) is 4.53. The summed E-state index contributed by atoms with van der Waals surface area (Å²) in [6, 6.07) is 2.11. The van der Waals surface area contributed by atoms with E-state index in [1.54, 1.807) is 14.0 Å². The van der Waals surface area contributed by atoms with Gasteiger partial charge in [0.1, 0.15) is 5.54 Å². The first kappa shape index (κ1) is 14.4. The summed E-state index contributed by atoms with van der Waals surface area (Å²) < 4.78 is 4.99. The van der Waals surface area contributed by atoms with Crippen molar-refractivity contribution in [1.82, 2.24) is 4.90 Å². The van der Waals surface area contributed by atoms with E-state index in [9.17, 15) is 0 Å². The molecule has 2 N–H and O–H groups in total. The summed E-state index contributed by atoms with van der Waals surface area (Å²) in [7, 11) is 3.78. The minimum absolute atomic E-state index is 0.662. The molecular weight excluding hydrogens is 190 g/mol. The lowest BCUT2D eigenvalue weighted by molar-refractivity contribution is 0.160. The van der Waals surface area contributed by atoms with Crippen LogP contribution in [-0.4, -0.2) is 44.3 Å². The molecule has 0 radical (unpaired) electrons. The standard InChI is InChI=1S/C11H23N3O/c1-11(13,10-12)6-4-5-7-14(2)8-9-15-3/h4-9,13H2,1-3H3. The number of unbranched alkanes of at least 4 members (excludes halogenated alkanes) is 1. The Morgan fingerprint density at radius 2 is 2.07 bits per heavy atom. The highest BCUT2D eigenvalue weighted by Gasteiger charge is 2.15. The van der Waals surface area contributed by atoms with Crippen LogP contribution in [0.15, 0.2) is 0 Å². The summed E-state index contributed by atoms with van der Waals surface area (Å²) in [4.78, 5) is 2.23. The number of nitrogens with two attached hydrogens (primary N) is 1. The lowest BCUT2D eigenvalue weighted by atomic mass is 9.98. The van der Waals surface area contributed by atoms with Crippen LogP contribution in [0.4, 0.5) is 0 Å². The minimum atomic E-state index is -0.662. The first-order chi connectivity index (χ1) is 7.02. The predicted octanol–water partition coefficient (Wildman–Crippen LogP) is 0.976. The predicted molar refractivity (Wildman–Crippen MR) is 61.4 cm³/mol. The van der Waals surface area contributed by atoms with Gasteiger partial charge >= 0.3 is 0 Å². The second-order valence-corrected chi connectivity index (χ2v) is 4.28. The van der Waals surface area contributed by atoms with Gasteiger partial charge in [0.2, 0.25) is 0 Å². The molecule has 0 aliphatic heterocycles. The van der Waals surface area contributed by atoms with Gasteiger partial charge in [0.05, 0.1) is 12.7 Å². The van der Waals surface area contributed by atoms with Gasteiger partial charge in [-0.3, -0.25) is 0 Å². The molecule has 4 heteroatoms. The normalized spacial score (nSPS) is 14.9. The van der Waals surface area contributed by atoms with Crippen LogP contribution < -0.4 is 5.73 Å². The Balaban J connectivity index is 3.43. The maximum atomic E-state index is 8.72. The third-order valence-corrected chi connectivity index (χ3v) is 2.42. The van der Waals surface area contributed by atoms with Crippen molar-refractivity contribution >= 4 is 0 Å². The van der Waals surface area contributed by atoms with Crippen molar-refractivity contribution in [3.05, 3.63) is 0 Å². The molecule has 0 aromatic carbocycles. The smallest absolute Gasteiger partial charge is 0.101 e. The fourth-order valence-corrected chi connectivity index (χ4v) is 1.29. The Bertz CT molecular complexity index is 198. The van der Waals surface area contributed by atoms with Crippen LogP contribution in [0.1, 0.15) is 26.2 Å². The molecule has 0 saturated carbocycles. The van der Waals surface area contributed by atoms with Crippen molar-refractivity contribution in [3.8, 4) is 6.07 Å². The average molecular weight is 213 g/mol. The molecule has 0 bridgehead atoms. The van der Waals surface area contributed by atoms with Crippen molar-refractivity contribution < 1.29 is 4.74 Å². The Morgan fingerprint density at radius 1 is 1.40 bits per heavy atom. The number of rotatable bonds is 8. The van der Waals surface area contributed by atoms with E-state index < -0.39 is 5.54 Å². The monoisotopic (exact) mass is 213 g/mol. The van der Waals surface area contributed by atoms with E-state index in [4.69, 9.17) is 15.7 Å². The molecule has 15 heavy (non-hydrogen) atoms. The molecule has 1 atom stereocenters. The molecular formula is C11H23N3O. The van der Waals surface area contributed by atoms with Gasteiger partial charge in [0.15, 0.2) is 0 Å². The van der Waals surface area contributed by atoms with Crippen LogP contribution in [0.2, 0.25) is 0 Å². The van der Waals surface area contributed by atoms with Crippen LogP contribution in [0.5, 0.6) is 0 Å². The average Bonchev–Trinajstić information content (AvgIpc) is 2.21. The van der Waals surface area contributed by atoms with E-state index in [-0.39, 0.29) is 0 Å². The van der Waals surface area contributed by atoms with Crippen molar-refractivity contribution in [1.29, 1.82) is 5.26 Å². The molecule has 0 aliphatic rings. The van der Waals surface area contributed by atoms with Gasteiger partial charge in [-0.2, -0.15) is 5.26 Å². The third kappa shape index (κ3) is 8.37. The highest BCUT2D eigenvalue weighted by atomic mass is 16.5. The van der Waals surface area contributed by atoms with Crippen LogP contribution in [0.25, 0.3) is 0 Å². The van der Waals surface area contributed by atoms with Crippen LogP contribution in [0.3, 0.4) is 0 Å². The molecule has 0 aromatic rings. The second-order valence-electron chi connectivity index (χ2n) is 4.28. The highest BCUT2D eigenvalue weighted by molar-refractivity contribution is 5.00. The molecule has 0 spiro atoms. The lowest BCUT2D eigenvalue weighted by Crippen LogP contribution is -2.34. The van der Waals surface area contributed by atoms with Crippen LogP contribution >= 0.6 is 0 Å². The maximum Gasteiger partial charge on any atom is 0.101 e. The molecule has 0 amide bonds. The molecule has 0 saturated heterocycles. The maximum absolute atomic E-state index is 8.72. The Hall–Kier alpha value is -0.630. The first-order valence-corrected chi connectivity index (χ1v) is 5.39. The number of methoxy groups -OCH3 is 1. The third-order valence-electron chi connectivity index (χ3n) is 2.42. The lowest BCUT2D eigenvalue weighted by Gasteiger charge is -2.18. The number of likely N-dealkylation sites (N-methyl/N-ethyl adjacent to an activating group) is 1. The number of nitriles is 1. The Kier molecular flexibility index (Phi) is 7.31. The summed E-state index contributed by atoms with van der Waals surface area (Å²) in [5.74, 6) is 0. The van der Waals surface area contributed by atoms with Crippen molar-refractivity contribution in [2.45, 2.75) is 31.7 Å². The highest BCUT2D eigenvalue weighted by Crippen LogP contribution is 2.09. The van der Waals surface area contributed by atoms with Crippen LogP contribution in [-0.2, 0) is 4.74 Å². The zero-order valence-corrected chi connectivity index (χ0v) is 10.1. The molecule has 0 aromatic heterocycles. The van der Waals surface area contributed by atoms with Gasteiger partial charge in [-0.05, 0) is 39.8 Å². The van der Waals surface area contributed by atoms with E-state index in [0.717, 1.165) is 39.0 Å². The van der Waals surface area contributed by atoms with E-state index in [1.165, 1.54) is 0 Å². The molecule has 4 nitrogen and oxygen atoms in total. The van der Waals surface area contributed by atoms with Gasteiger partial charge in [-0.25, -0.2) is 0 Å². The van der Waals surface area contributed by atoms with Gasteiger partial charge in [0.25, 0.3) is 0 Å². The topological polar surface area (TPSA) is 62.3 Å². The fraction of sp³-hybridized carbons (Fsp3) is 0.909. The van der Waals surface area contributed by atoms with Gasteiger partial charge < -0.3 is 15.4 Å². The SMILES string of the molecule is COCCN(C)CCCCC(C)(N)C#N. The van der Waals surface area contributed by atoms with Crippen molar-refractivity contribution in [2.75, 3.05) is 33.9 Å². The summed E-state index contributed by atoms with van der Waals surface area (Å²) in [5.41, 5.74) is 5.06. The van der Waals surface area contributed by atoms with Gasteiger partial charge in [-0.1, -0.05) is 0 Å². The van der Waals surface area contributed by atoms with E-state index in [1.807, 2.05) is 0 Å². The quantitative estimate of drug-likeness (QED) is 0.610. The summed E-state index contributed by atoms with van der Waals surface area (Å²) in [6.07, 6.45) is 2.84. The molecule has 1 unspecified atom stereocenters. The molecule has 0 heterocycles. The molecule has 0 rings (SSSR count). The molecule has 0 aliphatic carbocycles. The number of hydrogen-bond donors (Lipinski definition) is 1.